The highest BCUT2D eigenvalue weighted by molar-refractivity contribution is 5.81. The summed E-state index contributed by atoms with van der Waals surface area (Å²) >= 11 is 0. The third-order valence-corrected chi connectivity index (χ3v) is 3.08. The summed E-state index contributed by atoms with van der Waals surface area (Å²) in [6.07, 6.45) is 1.51. The Balaban J connectivity index is 2.11. The van der Waals surface area contributed by atoms with Crippen molar-refractivity contribution in [1.29, 1.82) is 0 Å². The van der Waals surface area contributed by atoms with Crippen molar-refractivity contribution in [3.63, 3.8) is 0 Å². The number of aromatic amines is 1. The summed E-state index contributed by atoms with van der Waals surface area (Å²) in [4.78, 5) is 14.6. The number of anilines is 1. The third kappa shape index (κ3) is 4.31. The lowest BCUT2D eigenvalue weighted by atomic mass is 9.93. The van der Waals surface area contributed by atoms with Gasteiger partial charge in [0.2, 0.25) is 5.95 Å². The van der Waals surface area contributed by atoms with Crippen LogP contribution in [-0.4, -0.2) is 33.1 Å². The number of aromatic nitrogens is 3. The Hall–Kier alpha value is -2.90. The minimum absolute atomic E-state index is 0.0647. The van der Waals surface area contributed by atoms with Crippen LogP contribution >= 0.6 is 0 Å². The topological polar surface area (TPSA) is 112 Å². The molecule has 8 heteroatoms. The Labute approximate surface area is 139 Å². The molecule has 0 aliphatic heterocycles. The highest BCUT2D eigenvalue weighted by Crippen LogP contribution is 2.26. The standard InChI is InChI=1S/C16H21N5O3/c1-5-24-12-8-10(6-7-11(12)22)9-17-20-15-18-14(23)13(19-21-15)16(2,3)4/h6-9,22H,5H2,1-4H3,(H2,18,20,21,23)/b17-9+. The van der Waals surface area contributed by atoms with Crippen LogP contribution in [0.25, 0.3) is 0 Å². The number of hydrogen-bond acceptors (Lipinski definition) is 7. The van der Waals surface area contributed by atoms with Gasteiger partial charge in [-0.2, -0.15) is 5.10 Å². The molecule has 0 aliphatic carbocycles. The summed E-state index contributed by atoms with van der Waals surface area (Å²) in [6.45, 7) is 7.94. The van der Waals surface area contributed by atoms with E-state index in [0.717, 1.165) is 0 Å². The molecule has 0 bridgehead atoms. The molecule has 3 N–H and O–H groups in total. The lowest BCUT2D eigenvalue weighted by Crippen LogP contribution is -2.28. The van der Waals surface area contributed by atoms with Crippen LogP contribution in [0, 0.1) is 0 Å². The molecule has 0 unspecified atom stereocenters. The number of nitrogens with one attached hydrogen (secondary N) is 2. The number of hydrazone groups is 1. The van der Waals surface area contributed by atoms with Crippen molar-refractivity contribution in [1.82, 2.24) is 15.2 Å². The average molecular weight is 331 g/mol. The van der Waals surface area contributed by atoms with E-state index in [4.69, 9.17) is 4.74 Å². The van der Waals surface area contributed by atoms with Crippen LogP contribution in [0.3, 0.4) is 0 Å². The van der Waals surface area contributed by atoms with Crippen LogP contribution in [0.1, 0.15) is 39.0 Å². The lowest BCUT2D eigenvalue weighted by Gasteiger charge is -2.15. The fraction of sp³-hybridized carbons (Fsp3) is 0.375. The van der Waals surface area contributed by atoms with E-state index in [1.54, 1.807) is 12.1 Å². The van der Waals surface area contributed by atoms with E-state index in [0.29, 0.717) is 23.6 Å². The van der Waals surface area contributed by atoms with Gasteiger partial charge in [-0.15, -0.1) is 10.2 Å². The Morgan fingerprint density at radius 3 is 2.75 bits per heavy atom. The van der Waals surface area contributed by atoms with Crippen LogP contribution in [0.15, 0.2) is 28.1 Å². The van der Waals surface area contributed by atoms with Crippen molar-refractivity contribution in [2.75, 3.05) is 12.0 Å². The molecule has 2 aromatic rings. The van der Waals surface area contributed by atoms with E-state index >= 15 is 0 Å². The van der Waals surface area contributed by atoms with E-state index in [1.165, 1.54) is 12.3 Å². The smallest absolute Gasteiger partial charge is 0.274 e. The van der Waals surface area contributed by atoms with Gasteiger partial charge >= 0.3 is 0 Å². The number of ether oxygens (including phenoxy) is 1. The van der Waals surface area contributed by atoms with Crippen LogP contribution in [0.2, 0.25) is 0 Å². The number of H-pyrrole nitrogens is 1. The molecular weight excluding hydrogens is 310 g/mol. The second kappa shape index (κ2) is 7.12. The van der Waals surface area contributed by atoms with E-state index in [2.05, 4.69) is 25.7 Å². The van der Waals surface area contributed by atoms with Crippen LogP contribution in [0.4, 0.5) is 5.95 Å². The summed E-state index contributed by atoms with van der Waals surface area (Å²) in [7, 11) is 0. The molecule has 0 aliphatic rings. The third-order valence-electron chi connectivity index (χ3n) is 3.08. The molecule has 0 spiro atoms. The maximum atomic E-state index is 12.0. The Bertz CT molecular complexity index is 793. The van der Waals surface area contributed by atoms with Crippen molar-refractivity contribution < 1.29 is 9.84 Å². The zero-order chi connectivity index (χ0) is 17.7. The fourth-order valence-corrected chi connectivity index (χ4v) is 1.93. The highest BCUT2D eigenvalue weighted by atomic mass is 16.5. The normalized spacial score (nSPS) is 11.7. The molecular formula is C16H21N5O3. The number of nitrogens with zero attached hydrogens (tertiary/aromatic N) is 3. The number of aromatic hydroxyl groups is 1. The predicted molar refractivity (Wildman–Crippen MR) is 91.8 cm³/mol. The van der Waals surface area contributed by atoms with Gasteiger partial charge in [-0.25, -0.2) is 5.43 Å². The van der Waals surface area contributed by atoms with Gasteiger partial charge < -0.3 is 9.84 Å². The molecule has 128 valence electrons. The maximum Gasteiger partial charge on any atom is 0.274 e. The Morgan fingerprint density at radius 1 is 1.38 bits per heavy atom. The van der Waals surface area contributed by atoms with Gasteiger partial charge in [0.1, 0.15) is 5.69 Å². The number of hydrogen-bond donors (Lipinski definition) is 3. The zero-order valence-electron chi connectivity index (χ0n) is 14.1. The fourth-order valence-electron chi connectivity index (χ4n) is 1.93. The predicted octanol–water partition coefficient (Wildman–Crippen LogP) is 2.01. The van der Waals surface area contributed by atoms with Gasteiger partial charge in [-0.05, 0) is 30.7 Å². The molecule has 0 amide bonds. The molecule has 0 fully saturated rings. The SMILES string of the molecule is CCOc1cc(/C=N/Nc2nnc(C(C)(C)C)c(=O)[nH]2)ccc1O. The lowest BCUT2D eigenvalue weighted by molar-refractivity contribution is 0.318. The van der Waals surface area contributed by atoms with E-state index in [9.17, 15) is 9.90 Å². The zero-order valence-corrected chi connectivity index (χ0v) is 14.1. The molecule has 1 aromatic carbocycles. The first-order valence-electron chi connectivity index (χ1n) is 7.53. The average Bonchev–Trinajstić information content (AvgIpc) is 2.49. The van der Waals surface area contributed by atoms with E-state index < -0.39 is 0 Å². The summed E-state index contributed by atoms with van der Waals surface area (Å²) in [5.41, 5.74) is 3.00. The van der Waals surface area contributed by atoms with Gasteiger partial charge in [0, 0.05) is 5.41 Å². The van der Waals surface area contributed by atoms with Gasteiger partial charge in [0.05, 0.1) is 12.8 Å². The van der Waals surface area contributed by atoms with Crippen molar-refractivity contribution in [3.8, 4) is 11.5 Å². The Morgan fingerprint density at radius 2 is 2.12 bits per heavy atom. The summed E-state index contributed by atoms with van der Waals surface area (Å²) in [5, 5.41) is 21.5. The second-order valence-electron chi connectivity index (χ2n) is 6.13. The molecule has 1 aromatic heterocycles. The summed E-state index contributed by atoms with van der Waals surface area (Å²) < 4.78 is 5.30. The molecule has 2 rings (SSSR count). The van der Waals surface area contributed by atoms with Crippen molar-refractivity contribution in [2.45, 2.75) is 33.1 Å². The number of benzene rings is 1. The van der Waals surface area contributed by atoms with E-state index in [1.807, 2.05) is 27.7 Å². The maximum absolute atomic E-state index is 12.0. The van der Waals surface area contributed by atoms with Crippen molar-refractivity contribution >= 4 is 12.2 Å². The molecule has 0 radical (unpaired) electrons. The molecule has 1 heterocycles. The summed E-state index contributed by atoms with van der Waals surface area (Å²) in [5.74, 6) is 0.590. The van der Waals surface area contributed by atoms with Gasteiger partial charge in [-0.3, -0.25) is 9.78 Å². The second-order valence-corrected chi connectivity index (χ2v) is 6.13. The first-order valence-corrected chi connectivity index (χ1v) is 7.53. The number of phenolic OH excluding ortho intramolecular Hbond substituents is 1. The monoisotopic (exact) mass is 331 g/mol. The molecule has 8 nitrogen and oxygen atoms in total. The first-order chi connectivity index (χ1) is 11.3. The molecule has 0 saturated carbocycles. The van der Waals surface area contributed by atoms with Crippen molar-refractivity contribution in [2.24, 2.45) is 5.10 Å². The first kappa shape index (κ1) is 17.5. The number of phenols is 1. The van der Waals surface area contributed by atoms with Crippen LogP contribution < -0.4 is 15.7 Å². The van der Waals surface area contributed by atoms with Gasteiger partial charge in [-0.1, -0.05) is 20.8 Å². The summed E-state index contributed by atoms with van der Waals surface area (Å²) in [6, 6.07) is 4.85. The van der Waals surface area contributed by atoms with Crippen LogP contribution in [-0.2, 0) is 5.41 Å². The largest absolute Gasteiger partial charge is 0.504 e. The number of rotatable bonds is 5. The van der Waals surface area contributed by atoms with Gasteiger partial charge in [0.15, 0.2) is 11.5 Å². The van der Waals surface area contributed by atoms with Gasteiger partial charge in [0.25, 0.3) is 5.56 Å². The molecule has 24 heavy (non-hydrogen) atoms. The van der Waals surface area contributed by atoms with Crippen molar-refractivity contribution in [3.05, 3.63) is 39.8 Å². The minimum Gasteiger partial charge on any atom is -0.504 e. The minimum atomic E-state index is -0.385. The highest BCUT2D eigenvalue weighted by Gasteiger charge is 2.20. The quantitative estimate of drug-likeness (QED) is 0.571. The van der Waals surface area contributed by atoms with Crippen LogP contribution in [0.5, 0.6) is 11.5 Å². The Kier molecular flexibility index (Phi) is 5.18. The van der Waals surface area contributed by atoms with E-state index in [-0.39, 0.29) is 22.7 Å². The molecule has 0 atom stereocenters. The molecule has 0 saturated heterocycles.